The Morgan fingerprint density at radius 1 is 1.54 bits per heavy atom. The van der Waals surface area contributed by atoms with Crippen molar-refractivity contribution in [2.45, 2.75) is 12.8 Å². The molecule has 0 saturated carbocycles. The molecule has 0 aliphatic heterocycles. The summed E-state index contributed by atoms with van der Waals surface area (Å²) < 4.78 is 40.4. The molecule has 0 unspecified atom stereocenters. The first kappa shape index (κ1) is 9.79. The molecule has 1 aromatic rings. The molecule has 0 aromatic carbocycles. The van der Waals surface area contributed by atoms with Crippen molar-refractivity contribution in [2.75, 3.05) is 0 Å². The van der Waals surface area contributed by atoms with Crippen LogP contribution in [-0.2, 0) is 12.8 Å². The van der Waals surface area contributed by atoms with Crippen molar-refractivity contribution < 1.29 is 27.5 Å². The summed E-state index contributed by atoms with van der Waals surface area (Å²) in [6.07, 6.45) is -4.67. The maximum Gasteiger partial charge on any atom is 0.450 e. The largest absolute Gasteiger partial charge is 0.453 e. The maximum absolute atomic E-state index is 12.1. The Balaban J connectivity index is 3.19. The normalized spacial score (nSPS) is 11.7. The lowest BCUT2D eigenvalue weighted by molar-refractivity contribution is -0.153. The minimum Gasteiger partial charge on any atom is -0.453 e. The molecule has 0 aliphatic carbocycles. The van der Waals surface area contributed by atoms with Gasteiger partial charge in [0.15, 0.2) is 6.29 Å². The standard InChI is InChI=1S/C7H5F3O3/c8-7(9,10)6-4(2-11)1-5(3-12)13-6/h1-2,12H,3H2. The zero-order valence-electron chi connectivity index (χ0n) is 6.26. The Bertz CT molecular complexity index is 313. The number of alkyl halides is 3. The van der Waals surface area contributed by atoms with Gasteiger partial charge in [0.05, 0.1) is 5.56 Å². The van der Waals surface area contributed by atoms with Crippen molar-refractivity contribution in [3.05, 3.63) is 23.2 Å². The lowest BCUT2D eigenvalue weighted by Crippen LogP contribution is -2.05. The van der Waals surface area contributed by atoms with Gasteiger partial charge in [0.25, 0.3) is 0 Å². The van der Waals surface area contributed by atoms with Crippen LogP contribution in [0.25, 0.3) is 0 Å². The van der Waals surface area contributed by atoms with Gasteiger partial charge in [0, 0.05) is 0 Å². The van der Waals surface area contributed by atoms with E-state index in [9.17, 15) is 18.0 Å². The van der Waals surface area contributed by atoms with E-state index in [0.717, 1.165) is 6.07 Å². The van der Waals surface area contributed by atoms with Gasteiger partial charge in [-0.25, -0.2) is 0 Å². The number of hydrogen-bond donors (Lipinski definition) is 1. The first-order valence-corrected chi connectivity index (χ1v) is 3.25. The van der Waals surface area contributed by atoms with Gasteiger partial charge < -0.3 is 9.52 Å². The fourth-order valence-corrected chi connectivity index (χ4v) is 0.845. The Kier molecular flexibility index (Phi) is 2.42. The molecule has 0 bridgehead atoms. The van der Waals surface area contributed by atoms with Gasteiger partial charge in [-0.2, -0.15) is 13.2 Å². The number of carbonyl (C=O) groups is 1. The van der Waals surface area contributed by atoms with Gasteiger partial charge in [-0.15, -0.1) is 0 Å². The number of aldehydes is 1. The van der Waals surface area contributed by atoms with Crippen LogP contribution in [0.3, 0.4) is 0 Å². The number of aliphatic hydroxyl groups excluding tert-OH is 1. The van der Waals surface area contributed by atoms with Crippen molar-refractivity contribution in [2.24, 2.45) is 0 Å². The predicted molar refractivity (Wildman–Crippen MR) is 35.0 cm³/mol. The second-order valence-electron chi connectivity index (χ2n) is 2.27. The van der Waals surface area contributed by atoms with Gasteiger partial charge >= 0.3 is 6.18 Å². The molecule has 6 heteroatoms. The molecule has 0 saturated heterocycles. The molecule has 3 nitrogen and oxygen atoms in total. The van der Waals surface area contributed by atoms with Crippen LogP contribution >= 0.6 is 0 Å². The first-order chi connectivity index (χ1) is 5.99. The third-order valence-electron chi connectivity index (χ3n) is 1.35. The molecule has 0 atom stereocenters. The molecule has 1 N–H and O–H groups in total. The van der Waals surface area contributed by atoms with E-state index in [1.54, 1.807) is 0 Å². The van der Waals surface area contributed by atoms with Crippen LogP contribution in [0.15, 0.2) is 10.5 Å². The Morgan fingerprint density at radius 2 is 2.15 bits per heavy atom. The summed E-state index contributed by atoms with van der Waals surface area (Å²) in [5.74, 6) is -1.65. The highest BCUT2D eigenvalue weighted by atomic mass is 19.4. The molecule has 0 spiro atoms. The summed E-state index contributed by atoms with van der Waals surface area (Å²) in [4.78, 5) is 10.2. The van der Waals surface area contributed by atoms with Crippen molar-refractivity contribution in [1.82, 2.24) is 0 Å². The number of aliphatic hydroxyl groups is 1. The predicted octanol–water partition coefficient (Wildman–Crippen LogP) is 1.60. The fourth-order valence-electron chi connectivity index (χ4n) is 0.845. The summed E-state index contributed by atoms with van der Waals surface area (Å²) in [6.45, 7) is -0.670. The minimum absolute atomic E-state index is 0.0332. The van der Waals surface area contributed by atoms with E-state index >= 15 is 0 Å². The van der Waals surface area contributed by atoms with Gasteiger partial charge in [0.1, 0.15) is 12.4 Å². The van der Waals surface area contributed by atoms with Crippen LogP contribution < -0.4 is 0 Å². The zero-order valence-corrected chi connectivity index (χ0v) is 6.26. The molecule has 0 amide bonds. The molecule has 0 fully saturated rings. The van der Waals surface area contributed by atoms with E-state index in [-0.39, 0.29) is 12.0 Å². The van der Waals surface area contributed by atoms with E-state index in [4.69, 9.17) is 5.11 Å². The van der Waals surface area contributed by atoms with Crippen molar-refractivity contribution in [1.29, 1.82) is 0 Å². The molecule has 1 heterocycles. The quantitative estimate of drug-likeness (QED) is 0.727. The number of halogens is 3. The second-order valence-corrected chi connectivity index (χ2v) is 2.27. The van der Waals surface area contributed by atoms with Gasteiger partial charge in [0.2, 0.25) is 5.76 Å². The summed E-state index contributed by atoms with van der Waals surface area (Å²) in [6, 6.07) is 0.857. The van der Waals surface area contributed by atoms with Gasteiger partial charge in [-0.3, -0.25) is 4.79 Å². The Morgan fingerprint density at radius 3 is 2.46 bits per heavy atom. The van der Waals surface area contributed by atoms with Crippen molar-refractivity contribution in [3.63, 3.8) is 0 Å². The monoisotopic (exact) mass is 194 g/mol. The van der Waals surface area contributed by atoms with E-state index in [2.05, 4.69) is 4.42 Å². The Hall–Kier alpha value is -1.30. The number of carbonyl (C=O) groups excluding carboxylic acids is 1. The van der Waals surface area contributed by atoms with Gasteiger partial charge in [-0.1, -0.05) is 0 Å². The lowest BCUT2D eigenvalue weighted by Gasteiger charge is -2.01. The Labute approximate surface area is 70.8 Å². The highest BCUT2D eigenvalue weighted by Crippen LogP contribution is 2.33. The summed E-state index contributed by atoms with van der Waals surface area (Å²) in [5.41, 5.74) is -0.600. The molecule has 1 aromatic heterocycles. The van der Waals surface area contributed by atoms with E-state index < -0.39 is 24.1 Å². The molecule has 1 rings (SSSR count). The average Bonchev–Trinajstić information content (AvgIpc) is 2.46. The van der Waals surface area contributed by atoms with Crippen LogP contribution in [0.5, 0.6) is 0 Å². The first-order valence-electron chi connectivity index (χ1n) is 3.25. The number of furan rings is 1. The van der Waals surface area contributed by atoms with E-state index in [0.29, 0.717) is 0 Å². The molecule has 0 radical (unpaired) electrons. The molecule has 0 aliphatic rings. The van der Waals surface area contributed by atoms with Crippen LogP contribution in [0.1, 0.15) is 21.9 Å². The van der Waals surface area contributed by atoms with Crippen molar-refractivity contribution in [3.8, 4) is 0 Å². The molecular formula is C7H5F3O3. The summed E-state index contributed by atoms with van der Waals surface area (Å²) in [5, 5.41) is 8.46. The molecular weight excluding hydrogens is 189 g/mol. The van der Waals surface area contributed by atoms with Crippen molar-refractivity contribution >= 4 is 6.29 Å². The van der Waals surface area contributed by atoms with Gasteiger partial charge in [-0.05, 0) is 6.07 Å². The number of hydrogen-bond acceptors (Lipinski definition) is 3. The topological polar surface area (TPSA) is 50.4 Å². The SMILES string of the molecule is O=Cc1cc(CO)oc1C(F)(F)F. The summed E-state index contributed by atoms with van der Waals surface area (Å²) >= 11 is 0. The maximum atomic E-state index is 12.1. The smallest absolute Gasteiger partial charge is 0.450 e. The fraction of sp³-hybridized carbons (Fsp3) is 0.286. The number of rotatable bonds is 2. The average molecular weight is 194 g/mol. The summed E-state index contributed by atoms with van der Waals surface area (Å²) in [7, 11) is 0. The second kappa shape index (κ2) is 3.21. The van der Waals surface area contributed by atoms with Crippen LogP contribution in [0.2, 0.25) is 0 Å². The lowest BCUT2D eigenvalue weighted by atomic mass is 10.2. The van der Waals surface area contributed by atoms with Crippen LogP contribution in [0.4, 0.5) is 13.2 Å². The van der Waals surface area contributed by atoms with E-state index in [1.165, 1.54) is 0 Å². The zero-order chi connectivity index (χ0) is 10.1. The molecule has 72 valence electrons. The third kappa shape index (κ3) is 1.89. The molecule has 13 heavy (non-hydrogen) atoms. The third-order valence-corrected chi connectivity index (χ3v) is 1.35. The van der Waals surface area contributed by atoms with E-state index in [1.807, 2.05) is 0 Å². The minimum atomic E-state index is -4.70. The highest BCUT2D eigenvalue weighted by molar-refractivity contribution is 5.76. The van der Waals surface area contributed by atoms with Crippen LogP contribution in [-0.4, -0.2) is 11.4 Å². The highest BCUT2D eigenvalue weighted by Gasteiger charge is 2.38. The van der Waals surface area contributed by atoms with Crippen LogP contribution in [0, 0.1) is 0 Å².